The number of amidine groups is 1. The summed E-state index contributed by atoms with van der Waals surface area (Å²) in [4.78, 5) is 37.6. The van der Waals surface area contributed by atoms with Gasteiger partial charge in [-0.05, 0) is 116 Å². The van der Waals surface area contributed by atoms with Crippen LogP contribution in [0.1, 0.15) is 27.8 Å². The number of para-hydroxylation sites is 1. The van der Waals surface area contributed by atoms with Crippen LogP contribution in [0.5, 0.6) is 0 Å². The second kappa shape index (κ2) is 11.8. The molecule has 0 aliphatic carbocycles. The Morgan fingerprint density at radius 2 is 1.65 bits per heavy atom. The Morgan fingerprint density at radius 1 is 0.907 bits per heavy atom. The molecule has 1 amide bonds. The molecule has 43 heavy (non-hydrogen) atoms. The third-order valence-corrected chi connectivity index (χ3v) is 10.4. The Morgan fingerprint density at radius 3 is 2.37 bits per heavy atom. The van der Waals surface area contributed by atoms with Crippen LogP contribution in [-0.2, 0) is 4.79 Å². The first-order valence-corrected chi connectivity index (χ1v) is 15.9. The van der Waals surface area contributed by atoms with Crippen LogP contribution in [-0.4, -0.2) is 21.0 Å². The number of amides is 1. The number of hydrogen-bond acceptors (Lipinski definition) is 8. The summed E-state index contributed by atoms with van der Waals surface area (Å²) in [5.41, 5.74) is 7.33. The van der Waals surface area contributed by atoms with E-state index in [1.54, 1.807) is 23.1 Å². The molecule has 2 heterocycles. The van der Waals surface area contributed by atoms with Crippen molar-refractivity contribution in [2.75, 3.05) is 4.90 Å². The molecule has 1 aliphatic rings. The van der Waals surface area contributed by atoms with E-state index >= 15 is 0 Å². The van der Waals surface area contributed by atoms with Gasteiger partial charge in [0, 0.05) is 6.07 Å². The molecule has 1 aromatic heterocycles. The largest absolute Gasteiger partial charge is 0.283 e. The average molecular weight is 623 g/mol. The number of hydrogen-bond donors (Lipinski definition) is 0. The van der Waals surface area contributed by atoms with E-state index in [0.29, 0.717) is 20.5 Å². The number of rotatable bonds is 6. The van der Waals surface area contributed by atoms with Gasteiger partial charge in [0.15, 0.2) is 9.51 Å². The number of nitro groups is 1. The molecule has 6 rings (SSSR count). The van der Waals surface area contributed by atoms with Gasteiger partial charge in [0.2, 0.25) is 0 Å². The Bertz CT molecular complexity index is 1960. The van der Waals surface area contributed by atoms with Crippen molar-refractivity contribution >= 4 is 79.3 Å². The maximum Gasteiger partial charge on any atom is 0.283 e. The number of anilines is 1. The highest BCUT2D eigenvalue weighted by Gasteiger charge is 2.35. The van der Waals surface area contributed by atoms with Crippen molar-refractivity contribution in [3.63, 3.8) is 0 Å². The molecule has 10 heteroatoms. The number of nitro benzene ring substituents is 1. The smallest absolute Gasteiger partial charge is 0.268 e. The summed E-state index contributed by atoms with van der Waals surface area (Å²) >= 11 is 4.02. The fourth-order valence-electron chi connectivity index (χ4n) is 4.54. The standard InChI is InChI=1S/C33H26N4O3S3/c1-19-9-12-24(15-21(19)3)34-32-36(25-13-10-20(2)22(4)16-25)31(38)30(41-32)18-23-11-14-29(27(17-23)37(39)40)43-33-35-26-7-5-6-8-28(26)42-33/h5-18H,1-4H3/b30-18-,34-32?. The lowest BCUT2D eigenvalue weighted by Crippen LogP contribution is -2.28. The lowest BCUT2D eigenvalue weighted by molar-refractivity contribution is -0.387. The van der Waals surface area contributed by atoms with Gasteiger partial charge in [0.25, 0.3) is 11.6 Å². The first-order valence-electron chi connectivity index (χ1n) is 13.5. The number of aromatic nitrogens is 1. The molecule has 7 nitrogen and oxygen atoms in total. The number of carbonyl (C=O) groups excluding carboxylic acids is 1. The van der Waals surface area contributed by atoms with Gasteiger partial charge in [0.1, 0.15) is 0 Å². The van der Waals surface area contributed by atoms with E-state index in [9.17, 15) is 14.9 Å². The molecule has 0 bridgehead atoms. The molecule has 0 saturated carbocycles. The molecule has 1 fully saturated rings. The van der Waals surface area contributed by atoms with E-state index in [-0.39, 0.29) is 11.6 Å². The zero-order chi connectivity index (χ0) is 30.2. The van der Waals surface area contributed by atoms with Gasteiger partial charge in [-0.15, -0.1) is 11.3 Å². The Balaban J connectivity index is 1.37. The van der Waals surface area contributed by atoms with Crippen molar-refractivity contribution < 1.29 is 9.72 Å². The van der Waals surface area contributed by atoms with Gasteiger partial charge in [-0.3, -0.25) is 19.8 Å². The maximum atomic E-state index is 13.9. The molecule has 0 spiro atoms. The summed E-state index contributed by atoms with van der Waals surface area (Å²) < 4.78 is 1.76. The van der Waals surface area contributed by atoms with Crippen LogP contribution in [0.2, 0.25) is 0 Å². The monoisotopic (exact) mass is 622 g/mol. The van der Waals surface area contributed by atoms with Crippen LogP contribution < -0.4 is 4.90 Å². The second-order valence-electron chi connectivity index (χ2n) is 10.2. The quantitative estimate of drug-likeness (QED) is 0.106. The number of aryl methyl sites for hydroxylation is 4. The van der Waals surface area contributed by atoms with Crippen LogP contribution in [0.3, 0.4) is 0 Å². The van der Waals surface area contributed by atoms with Crippen LogP contribution >= 0.6 is 34.9 Å². The van der Waals surface area contributed by atoms with Gasteiger partial charge < -0.3 is 0 Å². The SMILES string of the molecule is Cc1ccc(N=C2S/C(=C\c3ccc(Sc4nc5ccccc5s4)c([N+](=O)[O-])c3)C(=O)N2c2ccc(C)c(C)c2)cc1C. The summed E-state index contributed by atoms with van der Waals surface area (Å²) in [6, 6.07) is 24.6. The lowest BCUT2D eigenvalue weighted by atomic mass is 10.1. The molecule has 5 aromatic rings. The lowest BCUT2D eigenvalue weighted by Gasteiger charge is -2.17. The number of nitrogens with zero attached hydrogens (tertiary/aromatic N) is 4. The van der Waals surface area contributed by atoms with Crippen molar-refractivity contribution in [1.29, 1.82) is 0 Å². The molecule has 0 radical (unpaired) electrons. The summed E-state index contributed by atoms with van der Waals surface area (Å²) in [6.45, 7) is 8.12. The number of benzene rings is 4. The maximum absolute atomic E-state index is 13.9. The minimum absolute atomic E-state index is 0.0379. The van der Waals surface area contributed by atoms with Gasteiger partial charge in [0.05, 0.1) is 36.3 Å². The predicted octanol–water partition coefficient (Wildman–Crippen LogP) is 9.40. The molecule has 214 valence electrons. The summed E-state index contributed by atoms with van der Waals surface area (Å²) in [7, 11) is 0. The van der Waals surface area contributed by atoms with Crippen molar-refractivity contribution in [2.24, 2.45) is 4.99 Å². The first-order chi connectivity index (χ1) is 20.7. The molecule has 0 N–H and O–H groups in total. The van der Waals surface area contributed by atoms with Crippen LogP contribution in [0.4, 0.5) is 17.1 Å². The normalized spacial score (nSPS) is 15.3. The third-order valence-electron chi connectivity index (χ3n) is 7.22. The van der Waals surface area contributed by atoms with Crippen LogP contribution in [0.25, 0.3) is 16.3 Å². The van der Waals surface area contributed by atoms with Gasteiger partial charge >= 0.3 is 0 Å². The minimum atomic E-state index is -0.394. The van der Waals surface area contributed by atoms with Crippen molar-refractivity contribution in [3.8, 4) is 0 Å². The van der Waals surface area contributed by atoms with E-state index in [0.717, 1.165) is 48.2 Å². The summed E-state index contributed by atoms with van der Waals surface area (Å²) in [5.74, 6) is -0.230. The van der Waals surface area contributed by atoms with E-state index in [2.05, 4.69) is 4.98 Å². The highest BCUT2D eigenvalue weighted by Crippen LogP contribution is 2.41. The molecule has 0 atom stereocenters. The highest BCUT2D eigenvalue weighted by molar-refractivity contribution is 8.19. The van der Waals surface area contributed by atoms with Crippen molar-refractivity contribution in [3.05, 3.63) is 122 Å². The second-order valence-corrected chi connectivity index (χ2v) is 13.5. The van der Waals surface area contributed by atoms with Gasteiger partial charge in [-0.25, -0.2) is 9.98 Å². The van der Waals surface area contributed by atoms with E-state index in [1.165, 1.54) is 40.9 Å². The Kier molecular flexibility index (Phi) is 7.91. The number of thioether (sulfide) groups is 1. The van der Waals surface area contributed by atoms with Crippen molar-refractivity contribution in [1.82, 2.24) is 4.98 Å². The van der Waals surface area contributed by atoms with Crippen molar-refractivity contribution in [2.45, 2.75) is 36.9 Å². The van der Waals surface area contributed by atoms with E-state index in [1.807, 2.05) is 88.4 Å². The van der Waals surface area contributed by atoms with Crippen LogP contribution in [0.15, 0.2) is 98.0 Å². The van der Waals surface area contributed by atoms with E-state index < -0.39 is 4.92 Å². The molecule has 4 aromatic carbocycles. The van der Waals surface area contributed by atoms with Gasteiger partial charge in [-0.1, -0.05) is 42.1 Å². The van der Waals surface area contributed by atoms with Crippen LogP contribution in [0, 0.1) is 37.8 Å². The predicted molar refractivity (Wildman–Crippen MR) is 179 cm³/mol. The average Bonchev–Trinajstić information content (AvgIpc) is 3.52. The summed E-state index contributed by atoms with van der Waals surface area (Å²) in [5, 5.41) is 12.6. The fourth-order valence-corrected chi connectivity index (χ4v) is 7.65. The molecular weight excluding hydrogens is 597 g/mol. The number of aliphatic imine (C=N–C) groups is 1. The Labute approximate surface area is 261 Å². The highest BCUT2D eigenvalue weighted by atomic mass is 32.2. The molecule has 0 unspecified atom stereocenters. The number of fused-ring (bicyclic) bond motifs is 1. The minimum Gasteiger partial charge on any atom is -0.268 e. The first kappa shape index (κ1) is 28.9. The van der Waals surface area contributed by atoms with Gasteiger partial charge in [-0.2, -0.15) is 0 Å². The van der Waals surface area contributed by atoms with E-state index in [4.69, 9.17) is 4.99 Å². The Hall–Kier alpha value is -4.25. The molecular formula is C33H26N4O3S3. The molecule has 1 aliphatic heterocycles. The summed E-state index contributed by atoms with van der Waals surface area (Å²) in [6.07, 6.45) is 1.70. The zero-order valence-electron chi connectivity index (χ0n) is 23.8. The topological polar surface area (TPSA) is 88.7 Å². The zero-order valence-corrected chi connectivity index (χ0v) is 26.3. The molecule has 1 saturated heterocycles. The third kappa shape index (κ3) is 5.99. The number of thiazole rings is 1. The fraction of sp³-hybridized carbons (Fsp3) is 0.121. The number of carbonyl (C=O) groups is 1.